The minimum absolute atomic E-state index is 0. The molecule has 4 amide bonds. The molecule has 0 rings (SSSR count). The second kappa shape index (κ2) is 22.0. The topological polar surface area (TPSA) is 178 Å². The SMILES string of the molecule is CCCC(NC(=O)C(CCC)NC(=O)C(CCSC)NC(=O)C(CCC)NC(=O)C([NH-])CC)C(=O)O.[Ac]. The number of carbonyl (C=O) groups is 5. The third kappa shape index (κ3) is 15.3. The summed E-state index contributed by atoms with van der Waals surface area (Å²) in [5.74, 6) is -2.79. The molecule has 5 unspecified atom stereocenters. The first kappa shape index (κ1) is 38.2. The number of carboxylic acid groups (broad SMARTS) is 1. The van der Waals surface area contributed by atoms with Gasteiger partial charge in [0.25, 0.3) is 0 Å². The number of thioether (sulfide) groups is 1. The molecule has 0 fully saturated rings. The van der Waals surface area contributed by atoms with E-state index < -0.39 is 59.8 Å². The molecule has 0 aliphatic heterocycles. The zero-order chi connectivity index (χ0) is 27.7. The van der Waals surface area contributed by atoms with Crippen LogP contribution in [0.3, 0.4) is 0 Å². The van der Waals surface area contributed by atoms with Crippen LogP contribution in [0.15, 0.2) is 0 Å². The largest absolute Gasteiger partial charge is 0.667 e. The number of hydrogen-bond donors (Lipinski definition) is 5. The predicted octanol–water partition coefficient (Wildman–Crippen LogP) is 1.99. The molecule has 0 spiro atoms. The van der Waals surface area contributed by atoms with Crippen LogP contribution in [0.25, 0.3) is 5.73 Å². The summed E-state index contributed by atoms with van der Waals surface area (Å²) in [5.41, 5.74) is 7.77. The Bertz CT molecular complexity index is 730. The van der Waals surface area contributed by atoms with E-state index in [-0.39, 0.29) is 50.5 Å². The van der Waals surface area contributed by atoms with Crippen molar-refractivity contribution in [3.63, 3.8) is 0 Å². The van der Waals surface area contributed by atoms with E-state index in [1.54, 1.807) is 6.92 Å². The van der Waals surface area contributed by atoms with Gasteiger partial charge in [0.1, 0.15) is 24.2 Å². The van der Waals surface area contributed by atoms with Crippen LogP contribution in [0.2, 0.25) is 0 Å². The summed E-state index contributed by atoms with van der Waals surface area (Å²) < 4.78 is 0. The zero-order valence-electron chi connectivity index (χ0n) is 22.7. The molecule has 0 bridgehead atoms. The van der Waals surface area contributed by atoms with Crippen LogP contribution in [0.5, 0.6) is 0 Å². The van der Waals surface area contributed by atoms with Crippen molar-refractivity contribution in [3.8, 4) is 0 Å². The third-order valence-electron chi connectivity index (χ3n) is 5.58. The first-order chi connectivity index (χ1) is 17.1. The molecule has 0 aliphatic rings. The molecular weight excluding hydrogens is 713 g/mol. The molecule has 0 saturated heterocycles. The van der Waals surface area contributed by atoms with Crippen molar-refractivity contribution in [2.45, 2.75) is 109 Å². The number of carbonyl (C=O) groups excluding carboxylic acids is 4. The Labute approximate surface area is 260 Å². The number of nitrogens with one attached hydrogen (secondary N) is 5. The molecule has 211 valence electrons. The van der Waals surface area contributed by atoms with E-state index in [4.69, 9.17) is 5.73 Å². The van der Waals surface area contributed by atoms with E-state index in [0.717, 1.165) is 0 Å². The predicted molar refractivity (Wildman–Crippen MR) is 141 cm³/mol. The summed E-state index contributed by atoms with van der Waals surface area (Å²) in [6.07, 6.45) is 5.14. The van der Waals surface area contributed by atoms with E-state index in [9.17, 15) is 29.1 Å². The van der Waals surface area contributed by atoms with Crippen LogP contribution in [-0.2, 0) is 24.0 Å². The smallest absolute Gasteiger partial charge is 0.326 e. The Morgan fingerprint density at radius 1 is 0.676 bits per heavy atom. The Morgan fingerprint density at radius 3 is 1.38 bits per heavy atom. The Kier molecular flexibility index (Phi) is 22.7. The van der Waals surface area contributed by atoms with Crippen LogP contribution in [-0.4, -0.2) is 76.9 Å². The number of hydrogen-bond acceptors (Lipinski definition) is 6. The summed E-state index contributed by atoms with van der Waals surface area (Å²) in [7, 11) is 0. The van der Waals surface area contributed by atoms with Crippen molar-refractivity contribution >= 4 is 41.4 Å². The van der Waals surface area contributed by atoms with Gasteiger partial charge < -0.3 is 32.1 Å². The zero-order valence-corrected chi connectivity index (χ0v) is 28.3. The number of carboxylic acids is 1. The van der Waals surface area contributed by atoms with Crippen LogP contribution in [0, 0.1) is 44.1 Å². The average molecular weight is 758 g/mol. The van der Waals surface area contributed by atoms with Crippen molar-refractivity contribution in [2.24, 2.45) is 0 Å². The van der Waals surface area contributed by atoms with Gasteiger partial charge in [-0.15, -0.1) is 0 Å². The molecule has 5 atom stereocenters. The molecule has 0 aliphatic carbocycles. The van der Waals surface area contributed by atoms with E-state index >= 15 is 0 Å². The van der Waals surface area contributed by atoms with Gasteiger partial charge in [0.15, 0.2) is 0 Å². The number of aliphatic carboxylic acids is 1. The van der Waals surface area contributed by atoms with E-state index in [2.05, 4.69) is 21.3 Å². The fourth-order valence-electron chi connectivity index (χ4n) is 3.44. The molecule has 6 N–H and O–H groups in total. The van der Waals surface area contributed by atoms with Crippen molar-refractivity contribution in [2.75, 3.05) is 12.0 Å². The molecule has 1 radical (unpaired) electrons. The molecule has 0 aromatic carbocycles. The second-order valence-corrected chi connectivity index (χ2v) is 9.68. The molecule has 0 aromatic heterocycles. The van der Waals surface area contributed by atoms with E-state index in [0.29, 0.717) is 50.7 Å². The summed E-state index contributed by atoms with van der Waals surface area (Å²) in [4.78, 5) is 62.5. The van der Waals surface area contributed by atoms with Crippen LogP contribution in [0.1, 0.15) is 79.1 Å². The van der Waals surface area contributed by atoms with Crippen molar-refractivity contribution in [1.29, 1.82) is 0 Å². The fraction of sp³-hybridized carbons (Fsp3) is 0.792. The van der Waals surface area contributed by atoms with Gasteiger partial charge in [-0.2, -0.15) is 11.8 Å². The molecule has 37 heavy (non-hydrogen) atoms. The van der Waals surface area contributed by atoms with Gasteiger partial charge in [-0.05, 0) is 37.7 Å². The van der Waals surface area contributed by atoms with Gasteiger partial charge in [-0.3, -0.25) is 19.2 Å². The van der Waals surface area contributed by atoms with Gasteiger partial charge in [0.2, 0.25) is 23.6 Å². The monoisotopic (exact) mass is 757 g/mol. The Balaban J connectivity index is 0. The number of rotatable bonds is 19. The quantitative estimate of drug-likeness (QED) is 0.134. The Hall–Kier alpha value is -0.898. The maximum atomic E-state index is 13.1. The first-order valence-corrected chi connectivity index (χ1v) is 14.1. The Morgan fingerprint density at radius 2 is 1.03 bits per heavy atom. The van der Waals surface area contributed by atoms with Gasteiger partial charge in [0, 0.05) is 44.1 Å². The first-order valence-electron chi connectivity index (χ1n) is 12.7. The van der Waals surface area contributed by atoms with Crippen LogP contribution >= 0.6 is 11.8 Å². The molecule has 11 nitrogen and oxygen atoms in total. The van der Waals surface area contributed by atoms with Crippen molar-refractivity contribution < 1.29 is 73.1 Å². The van der Waals surface area contributed by atoms with E-state index in [1.807, 2.05) is 27.0 Å². The molecule has 13 heteroatoms. The summed E-state index contributed by atoms with van der Waals surface area (Å²) in [6, 6.07) is -4.81. The summed E-state index contributed by atoms with van der Waals surface area (Å²) >= 11 is 1.49. The third-order valence-corrected chi connectivity index (χ3v) is 6.22. The molecular formula is C24H44AcN5O6S-. The molecule has 0 saturated carbocycles. The van der Waals surface area contributed by atoms with Crippen molar-refractivity contribution in [1.82, 2.24) is 21.3 Å². The minimum Gasteiger partial charge on any atom is -0.667 e. The van der Waals surface area contributed by atoms with Crippen LogP contribution in [0.4, 0.5) is 0 Å². The maximum absolute atomic E-state index is 13.1. The molecule has 0 heterocycles. The fourth-order valence-corrected chi connectivity index (χ4v) is 3.91. The normalized spacial score (nSPS) is 14.6. The maximum Gasteiger partial charge on any atom is 0.326 e. The summed E-state index contributed by atoms with van der Waals surface area (Å²) in [5, 5.41) is 19.8. The van der Waals surface area contributed by atoms with Gasteiger partial charge in [0.05, 0.1) is 0 Å². The minimum atomic E-state index is -1.14. The average Bonchev–Trinajstić information content (AvgIpc) is 2.84. The van der Waals surface area contributed by atoms with Gasteiger partial charge in [-0.25, -0.2) is 4.79 Å². The van der Waals surface area contributed by atoms with Crippen molar-refractivity contribution in [3.05, 3.63) is 5.73 Å². The van der Waals surface area contributed by atoms with Crippen LogP contribution < -0.4 is 21.3 Å². The molecule has 0 aromatic rings. The second-order valence-electron chi connectivity index (χ2n) is 8.69. The van der Waals surface area contributed by atoms with Gasteiger partial charge in [-0.1, -0.05) is 59.4 Å². The summed E-state index contributed by atoms with van der Waals surface area (Å²) in [6.45, 7) is 7.22. The number of amides is 4. The van der Waals surface area contributed by atoms with Gasteiger partial charge >= 0.3 is 5.97 Å². The van der Waals surface area contributed by atoms with E-state index in [1.165, 1.54) is 11.8 Å². The standard InChI is InChI=1S/C24H44N5O6S.Ac/c1-6-10-16(26-20(30)15(25)9-4)21(31)28-18(13-14-36-5)23(33)27-17(11-7-2)22(32)29-19(12-8-3)24(34)35;/h15-19,25H,6-14H2,1-5H3,(H,26,30)(H,27,33)(H,28,31)(H,29,32)(H,34,35);/q-1;.